The molecule has 0 bridgehead atoms. The van der Waals surface area contributed by atoms with Gasteiger partial charge in [0.1, 0.15) is 0 Å². The fourth-order valence-electron chi connectivity index (χ4n) is 4.88. The quantitative estimate of drug-likeness (QED) is 0.858. The third kappa shape index (κ3) is 3.55. The molecule has 7 nitrogen and oxygen atoms in total. The molecular formula is C22H29N5O2. The fourth-order valence-corrected chi connectivity index (χ4v) is 4.88. The summed E-state index contributed by atoms with van der Waals surface area (Å²) >= 11 is 0. The van der Waals surface area contributed by atoms with Gasteiger partial charge in [0, 0.05) is 37.2 Å². The average molecular weight is 396 g/mol. The molecule has 2 aliphatic rings. The molecule has 2 aliphatic heterocycles. The van der Waals surface area contributed by atoms with E-state index in [-0.39, 0.29) is 23.8 Å². The molecule has 2 fully saturated rings. The van der Waals surface area contributed by atoms with Crippen molar-refractivity contribution in [3.63, 3.8) is 0 Å². The van der Waals surface area contributed by atoms with E-state index in [1.807, 2.05) is 47.9 Å². The zero-order chi connectivity index (χ0) is 20.7. The van der Waals surface area contributed by atoms with E-state index in [2.05, 4.69) is 29.3 Å². The van der Waals surface area contributed by atoms with Crippen LogP contribution in [0.3, 0.4) is 0 Å². The van der Waals surface area contributed by atoms with Crippen molar-refractivity contribution >= 4 is 11.8 Å². The predicted octanol–water partition coefficient (Wildman–Crippen LogP) is 1.86. The molecule has 1 aromatic heterocycles. The largest absolute Gasteiger partial charge is 0.338 e. The molecule has 4 rings (SSSR count). The molecule has 7 heteroatoms. The van der Waals surface area contributed by atoms with Crippen molar-refractivity contribution in [2.24, 2.45) is 11.8 Å². The van der Waals surface area contributed by atoms with Gasteiger partial charge in [-0.1, -0.05) is 24.3 Å². The van der Waals surface area contributed by atoms with Crippen LogP contribution in [0.5, 0.6) is 0 Å². The predicted molar refractivity (Wildman–Crippen MR) is 110 cm³/mol. The number of hydrogen-bond donors (Lipinski definition) is 1. The summed E-state index contributed by atoms with van der Waals surface area (Å²) in [7, 11) is 3.84. The zero-order valence-corrected chi connectivity index (χ0v) is 17.6. The SMILES string of the molecule is Cc1ccccc1[C@H]1[C@@H]2CN(C(=O)c3cn[nH]c3C)C[C@@H]2CN1C(=O)CN(C)C. The number of likely N-dealkylation sites (N-methyl/N-ethyl adjacent to an activating group) is 1. The third-order valence-corrected chi connectivity index (χ3v) is 6.29. The number of benzene rings is 1. The van der Waals surface area contributed by atoms with Crippen LogP contribution in [0.25, 0.3) is 0 Å². The number of aromatic nitrogens is 2. The van der Waals surface area contributed by atoms with E-state index in [1.165, 1.54) is 11.1 Å². The Morgan fingerprint density at radius 2 is 1.93 bits per heavy atom. The van der Waals surface area contributed by atoms with Gasteiger partial charge in [-0.3, -0.25) is 14.7 Å². The van der Waals surface area contributed by atoms with Gasteiger partial charge >= 0.3 is 0 Å². The summed E-state index contributed by atoms with van der Waals surface area (Å²) in [6.07, 6.45) is 1.61. The third-order valence-electron chi connectivity index (χ3n) is 6.29. The highest BCUT2D eigenvalue weighted by Gasteiger charge is 2.50. The highest BCUT2D eigenvalue weighted by molar-refractivity contribution is 5.95. The van der Waals surface area contributed by atoms with Crippen LogP contribution in [0.15, 0.2) is 30.5 Å². The molecule has 0 spiro atoms. The van der Waals surface area contributed by atoms with Crippen molar-refractivity contribution in [1.82, 2.24) is 24.9 Å². The Bertz CT molecular complexity index is 921. The first kappa shape index (κ1) is 19.6. The van der Waals surface area contributed by atoms with Gasteiger partial charge in [0.25, 0.3) is 5.91 Å². The van der Waals surface area contributed by atoms with Gasteiger partial charge in [0.15, 0.2) is 0 Å². The van der Waals surface area contributed by atoms with E-state index in [0.717, 1.165) is 5.69 Å². The number of nitrogens with zero attached hydrogens (tertiary/aromatic N) is 4. The molecule has 0 saturated carbocycles. The number of H-pyrrole nitrogens is 1. The average Bonchev–Trinajstić information content (AvgIpc) is 3.35. The topological polar surface area (TPSA) is 72.5 Å². The normalized spacial score (nSPS) is 23.7. The molecule has 0 unspecified atom stereocenters. The minimum absolute atomic E-state index is 0.0110. The molecule has 2 saturated heterocycles. The summed E-state index contributed by atoms with van der Waals surface area (Å²) in [6.45, 7) is 6.42. The van der Waals surface area contributed by atoms with Crippen LogP contribution in [0.4, 0.5) is 0 Å². The summed E-state index contributed by atoms with van der Waals surface area (Å²) in [5, 5.41) is 6.84. The van der Waals surface area contributed by atoms with Gasteiger partial charge in [0.2, 0.25) is 5.91 Å². The Balaban J connectivity index is 1.62. The molecule has 154 valence electrons. The summed E-state index contributed by atoms with van der Waals surface area (Å²) < 4.78 is 0. The van der Waals surface area contributed by atoms with Crippen LogP contribution in [-0.2, 0) is 4.79 Å². The lowest BCUT2D eigenvalue weighted by atomic mass is 9.87. The number of carbonyl (C=O) groups is 2. The number of hydrogen-bond acceptors (Lipinski definition) is 4. The van der Waals surface area contributed by atoms with E-state index < -0.39 is 0 Å². The number of likely N-dealkylation sites (tertiary alicyclic amines) is 2. The number of nitrogens with one attached hydrogen (secondary N) is 1. The summed E-state index contributed by atoms with van der Waals surface area (Å²) in [5.74, 6) is 0.724. The molecule has 1 N–H and O–H groups in total. The van der Waals surface area contributed by atoms with Crippen LogP contribution in [0, 0.1) is 25.7 Å². The van der Waals surface area contributed by atoms with Gasteiger partial charge in [-0.05, 0) is 39.1 Å². The van der Waals surface area contributed by atoms with Gasteiger partial charge in [-0.15, -0.1) is 0 Å². The van der Waals surface area contributed by atoms with Gasteiger partial charge < -0.3 is 14.7 Å². The minimum Gasteiger partial charge on any atom is -0.338 e. The molecule has 2 aromatic rings. The van der Waals surface area contributed by atoms with Crippen LogP contribution in [-0.4, -0.2) is 77.0 Å². The Hall–Kier alpha value is -2.67. The Kier molecular flexibility index (Phi) is 5.17. The maximum absolute atomic E-state index is 13.0. The standard InChI is InChI=1S/C22H29N5O2/c1-14-7-5-6-8-17(14)21-19-12-26(22(29)18-9-23-24-15(18)2)10-16(19)11-27(21)20(28)13-25(3)4/h5-9,16,19,21H,10-13H2,1-4H3,(H,23,24)/t16-,19-,21+/m1/s1. The summed E-state index contributed by atoms with van der Waals surface area (Å²) in [5.41, 5.74) is 3.82. The van der Waals surface area contributed by atoms with E-state index in [4.69, 9.17) is 0 Å². The molecule has 1 aromatic carbocycles. The summed E-state index contributed by atoms with van der Waals surface area (Å²) in [4.78, 5) is 31.9. The van der Waals surface area contributed by atoms with Crippen molar-refractivity contribution in [2.75, 3.05) is 40.3 Å². The van der Waals surface area contributed by atoms with Crippen molar-refractivity contribution in [2.45, 2.75) is 19.9 Å². The zero-order valence-electron chi connectivity index (χ0n) is 17.6. The number of aryl methyl sites for hydroxylation is 2. The fraction of sp³-hybridized carbons (Fsp3) is 0.500. The van der Waals surface area contributed by atoms with Crippen molar-refractivity contribution in [3.8, 4) is 0 Å². The van der Waals surface area contributed by atoms with E-state index in [9.17, 15) is 9.59 Å². The van der Waals surface area contributed by atoms with Crippen molar-refractivity contribution in [1.29, 1.82) is 0 Å². The minimum atomic E-state index is 0.0110. The molecule has 29 heavy (non-hydrogen) atoms. The molecule has 3 heterocycles. The first-order valence-corrected chi connectivity index (χ1v) is 10.2. The van der Waals surface area contributed by atoms with Gasteiger partial charge in [-0.2, -0.15) is 5.10 Å². The van der Waals surface area contributed by atoms with Crippen molar-refractivity contribution < 1.29 is 9.59 Å². The lowest BCUT2D eigenvalue weighted by Crippen LogP contribution is -2.41. The second-order valence-electron chi connectivity index (χ2n) is 8.63. The second kappa shape index (κ2) is 7.63. The lowest BCUT2D eigenvalue weighted by Gasteiger charge is -2.31. The van der Waals surface area contributed by atoms with E-state index in [0.29, 0.717) is 37.7 Å². The maximum atomic E-state index is 13.0. The smallest absolute Gasteiger partial charge is 0.257 e. The lowest BCUT2D eigenvalue weighted by molar-refractivity contribution is -0.133. The van der Waals surface area contributed by atoms with Crippen LogP contribution in [0.2, 0.25) is 0 Å². The van der Waals surface area contributed by atoms with Crippen LogP contribution in [0.1, 0.15) is 33.2 Å². The van der Waals surface area contributed by atoms with Crippen LogP contribution < -0.4 is 0 Å². The number of aromatic amines is 1. The summed E-state index contributed by atoms with van der Waals surface area (Å²) in [6, 6.07) is 8.31. The number of rotatable bonds is 4. The monoisotopic (exact) mass is 395 g/mol. The van der Waals surface area contributed by atoms with Crippen LogP contribution >= 0.6 is 0 Å². The van der Waals surface area contributed by atoms with Gasteiger partial charge in [-0.25, -0.2) is 0 Å². The Morgan fingerprint density at radius 1 is 1.17 bits per heavy atom. The van der Waals surface area contributed by atoms with E-state index >= 15 is 0 Å². The number of carbonyl (C=O) groups excluding carboxylic acids is 2. The van der Waals surface area contributed by atoms with E-state index in [1.54, 1.807) is 6.20 Å². The molecular weight excluding hydrogens is 366 g/mol. The highest BCUT2D eigenvalue weighted by Crippen LogP contribution is 2.46. The Labute approximate surface area is 171 Å². The molecule has 0 aliphatic carbocycles. The second-order valence-corrected chi connectivity index (χ2v) is 8.63. The molecule has 3 atom stereocenters. The highest BCUT2D eigenvalue weighted by atomic mass is 16.2. The first-order chi connectivity index (χ1) is 13.9. The number of fused-ring (bicyclic) bond motifs is 1. The van der Waals surface area contributed by atoms with Crippen molar-refractivity contribution in [3.05, 3.63) is 52.8 Å². The molecule has 2 amide bonds. The Morgan fingerprint density at radius 3 is 2.59 bits per heavy atom. The maximum Gasteiger partial charge on any atom is 0.257 e. The van der Waals surface area contributed by atoms with Gasteiger partial charge in [0.05, 0.1) is 24.3 Å². The first-order valence-electron chi connectivity index (χ1n) is 10.2. The molecule has 0 radical (unpaired) electrons. The number of amides is 2.